The zero-order chi connectivity index (χ0) is 12.1. The standard InChI is InChI=1S/C13H17N3S/c1-14-13(17)16-15-12-9-5-3-7-10-6-2-4-8-11(10)12/h2,4,6,8H,3,5,7,9H2,1H3,(H2,14,16,17)/b15-12-. The molecule has 0 unspecified atom stereocenters. The first-order chi connectivity index (χ1) is 8.31. The van der Waals surface area contributed by atoms with Gasteiger partial charge in [-0.2, -0.15) is 5.10 Å². The molecule has 4 heteroatoms. The highest BCUT2D eigenvalue weighted by atomic mass is 32.1. The van der Waals surface area contributed by atoms with E-state index in [2.05, 4.69) is 40.1 Å². The molecule has 90 valence electrons. The van der Waals surface area contributed by atoms with Crippen molar-refractivity contribution in [2.75, 3.05) is 7.05 Å². The topological polar surface area (TPSA) is 36.4 Å². The Morgan fingerprint density at radius 3 is 2.82 bits per heavy atom. The largest absolute Gasteiger partial charge is 0.364 e. The van der Waals surface area contributed by atoms with Gasteiger partial charge in [-0.1, -0.05) is 24.3 Å². The normalized spacial score (nSPS) is 17.1. The summed E-state index contributed by atoms with van der Waals surface area (Å²) in [7, 11) is 1.79. The SMILES string of the molecule is CNC(=S)N/N=C1/CCCCc2ccccc21. The van der Waals surface area contributed by atoms with Crippen LogP contribution >= 0.6 is 12.2 Å². The van der Waals surface area contributed by atoms with Crippen LogP contribution in [0.15, 0.2) is 29.4 Å². The van der Waals surface area contributed by atoms with Gasteiger partial charge in [0.1, 0.15) is 0 Å². The molecule has 3 nitrogen and oxygen atoms in total. The van der Waals surface area contributed by atoms with Gasteiger partial charge >= 0.3 is 0 Å². The number of hydrogen-bond acceptors (Lipinski definition) is 2. The first kappa shape index (κ1) is 12.0. The maximum Gasteiger partial charge on any atom is 0.186 e. The van der Waals surface area contributed by atoms with E-state index >= 15 is 0 Å². The van der Waals surface area contributed by atoms with Crippen molar-refractivity contribution in [2.24, 2.45) is 5.10 Å². The highest BCUT2D eigenvalue weighted by molar-refractivity contribution is 7.80. The van der Waals surface area contributed by atoms with Gasteiger partial charge < -0.3 is 5.32 Å². The predicted octanol–water partition coefficient (Wildman–Crippen LogP) is 2.21. The summed E-state index contributed by atoms with van der Waals surface area (Å²) in [6, 6.07) is 8.49. The van der Waals surface area contributed by atoms with Crippen molar-refractivity contribution in [1.82, 2.24) is 10.7 Å². The lowest BCUT2D eigenvalue weighted by Gasteiger charge is -2.08. The molecule has 0 heterocycles. The third-order valence-electron chi connectivity index (χ3n) is 2.96. The van der Waals surface area contributed by atoms with E-state index < -0.39 is 0 Å². The molecule has 0 saturated carbocycles. The molecule has 0 radical (unpaired) electrons. The minimum atomic E-state index is 0.555. The molecule has 0 aliphatic heterocycles. The number of aryl methyl sites for hydroxylation is 1. The van der Waals surface area contributed by atoms with Gasteiger partial charge in [-0.15, -0.1) is 0 Å². The molecule has 0 aromatic heterocycles. The van der Waals surface area contributed by atoms with Gasteiger partial charge in [0, 0.05) is 12.6 Å². The van der Waals surface area contributed by atoms with Crippen molar-refractivity contribution in [3.63, 3.8) is 0 Å². The van der Waals surface area contributed by atoms with Crippen molar-refractivity contribution in [3.8, 4) is 0 Å². The van der Waals surface area contributed by atoms with Crippen LogP contribution in [0.3, 0.4) is 0 Å². The van der Waals surface area contributed by atoms with Crippen molar-refractivity contribution in [1.29, 1.82) is 0 Å². The van der Waals surface area contributed by atoms with Crippen molar-refractivity contribution in [2.45, 2.75) is 25.7 Å². The smallest absolute Gasteiger partial charge is 0.186 e. The fourth-order valence-electron chi connectivity index (χ4n) is 2.05. The highest BCUT2D eigenvalue weighted by Crippen LogP contribution is 2.20. The monoisotopic (exact) mass is 247 g/mol. The molecular formula is C13H17N3S. The Morgan fingerprint density at radius 1 is 1.24 bits per heavy atom. The van der Waals surface area contributed by atoms with Crippen molar-refractivity contribution >= 4 is 23.0 Å². The summed E-state index contributed by atoms with van der Waals surface area (Å²) in [6.45, 7) is 0. The molecule has 0 amide bonds. The molecule has 0 fully saturated rings. The Labute approximate surface area is 107 Å². The summed E-state index contributed by atoms with van der Waals surface area (Å²) in [5.41, 5.74) is 6.64. The van der Waals surface area contributed by atoms with Crippen LogP contribution in [-0.2, 0) is 6.42 Å². The van der Waals surface area contributed by atoms with E-state index in [-0.39, 0.29) is 0 Å². The van der Waals surface area contributed by atoms with Gasteiger partial charge in [0.25, 0.3) is 0 Å². The van der Waals surface area contributed by atoms with Gasteiger partial charge in [-0.3, -0.25) is 5.43 Å². The molecular weight excluding hydrogens is 230 g/mol. The van der Waals surface area contributed by atoms with Crippen molar-refractivity contribution < 1.29 is 0 Å². The zero-order valence-electron chi connectivity index (χ0n) is 9.99. The minimum Gasteiger partial charge on any atom is -0.364 e. The van der Waals surface area contributed by atoms with E-state index in [1.54, 1.807) is 7.05 Å². The molecule has 1 aliphatic carbocycles. The number of nitrogens with one attached hydrogen (secondary N) is 2. The Morgan fingerprint density at radius 2 is 2.00 bits per heavy atom. The fraction of sp³-hybridized carbons (Fsp3) is 0.385. The number of nitrogens with zero attached hydrogens (tertiary/aromatic N) is 1. The zero-order valence-corrected chi connectivity index (χ0v) is 10.8. The molecule has 17 heavy (non-hydrogen) atoms. The molecule has 0 atom stereocenters. The van der Waals surface area contributed by atoms with Crippen molar-refractivity contribution in [3.05, 3.63) is 35.4 Å². The van der Waals surface area contributed by atoms with Crippen LogP contribution in [0.1, 0.15) is 30.4 Å². The molecule has 0 bridgehead atoms. The van der Waals surface area contributed by atoms with Crippen LogP contribution in [0.2, 0.25) is 0 Å². The third-order valence-corrected chi connectivity index (χ3v) is 3.25. The third kappa shape index (κ3) is 3.03. The van der Waals surface area contributed by atoms with Crippen LogP contribution in [0, 0.1) is 0 Å². The number of hydrazone groups is 1. The number of benzene rings is 1. The van der Waals surface area contributed by atoms with Gasteiger partial charge in [0.05, 0.1) is 5.71 Å². The molecule has 0 saturated heterocycles. The van der Waals surface area contributed by atoms with E-state index in [1.165, 1.54) is 24.0 Å². The number of rotatable bonds is 1. The summed E-state index contributed by atoms with van der Waals surface area (Å²) in [5.74, 6) is 0. The van der Waals surface area contributed by atoms with Gasteiger partial charge in [-0.25, -0.2) is 0 Å². The van der Waals surface area contributed by atoms with Crippen LogP contribution in [0.25, 0.3) is 0 Å². The minimum absolute atomic E-state index is 0.555. The summed E-state index contributed by atoms with van der Waals surface area (Å²) < 4.78 is 0. The fourth-order valence-corrected chi connectivity index (χ4v) is 2.10. The first-order valence-corrected chi connectivity index (χ1v) is 6.34. The average molecular weight is 247 g/mol. The molecule has 1 aromatic carbocycles. The second-order valence-corrected chi connectivity index (χ2v) is 4.52. The lowest BCUT2D eigenvalue weighted by atomic mass is 10.0. The average Bonchev–Trinajstić information content (AvgIpc) is 2.58. The summed E-state index contributed by atoms with van der Waals surface area (Å²) >= 11 is 5.03. The lowest BCUT2D eigenvalue weighted by Crippen LogP contribution is -2.29. The molecule has 2 N–H and O–H groups in total. The maximum absolute atomic E-state index is 5.03. The lowest BCUT2D eigenvalue weighted by molar-refractivity contribution is 0.773. The Balaban J connectivity index is 2.25. The number of hydrogen-bond donors (Lipinski definition) is 2. The van der Waals surface area contributed by atoms with E-state index in [0.29, 0.717) is 5.11 Å². The molecule has 2 rings (SSSR count). The van der Waals surface area contributed by atoms with Crippen LogP contribution in [0.4, 0.5) is 0 Å². The van der Waals surface area contributed by atoms with Gasteiger partial charge in [0.15, 0.2) is 5.11 Å². The predicted molar refractivity (Wildman–Crippen MR) is 75.3 cm³/mol. The summed E-state index contributed by atoms with van der Waals surface area (Å²) in [6.07, 6.45) is 4.57. The highest BCUT2D eigenvalue weighted by Gasteiger charge is 2.13. The number of fused-ring (bicyclic) bond motifs is 1. The number of thiocarbonyl (C=S) groups is 1. The molecule has 0 spiro atoms. The van der Waals surface area contributed by atoms with E-state index in [9.17, 15) is 0 Å². The maximum atomic E-state index is 5.03. The molecule has 1 aliphatic rings. The second-order valence-electron chi connectivity index (χ2n) is 4.11. The van der Waals surface area contributed by atoms with E-state index in [4.69, 9.17) is 12.2 Å². The van der Waals surface area contributed by atoms with Gasteiger partial charge in [-0.05, 0) is 43.5 Å². The second kappa shape index (κ2) is 5.77. The van der Waals surface area contributed by atoms with E-state index in [1.807, 2.05) is 0 Å². The Hall–Kier alpha value is -1.42. The quantitative estimate of drug-likeness (QED) is 0.454. The van der Waals surface area contributed by atoms with Crippen LogP contribution < -0.4 is 10.7 Å². The van der Waals surface area contributed by atoms with Crippen LogP contribution in [-0.4, -0.2) is 17.9 Å². The summed E-state index contributed by atoms with van der Waals surface area (Å²) in [4.78, 5) is 0. The van der Waals surface area contributed by atoms with Gasteiger partial charge in [0.2, 0.25) is 0 Å². The van der Waals surface area contributed by atoms with Crippen LogP contribution in [0.5, 0.6) is 0 Å². The van der Waals surface area contributed by atoms with E-state index in [0.717, 1.165) is 18.6 Å². The molecule has 1 aromatic rings. The summed E-state index contributed by atoms with van der Waals surface area (Å²) in [5, 5.41) is 7.83. The Bertz CT molecular complexity index is 440. The first-order valence-electron chi connectivity index (χ1n) is 5.94. The Kier molecular flexibility index (Phi) is 4.09.